The van der Waals surface area contributed by atoms with Gasteiger partial charge in [0.2, 0.25) is 11.5 Å². The van der Waals surface area contributed by atoms with Crippen LogP contribution in [0.4, 0.5) is 0 Å². The molecule has 0 N–H and O–H groups in total. The Labute approximate surface area is 186 Å². The van der Waals surface area contributed by atoms with E-state index >= 15 is 0 Å². The number of methoxy groups -OCH3 is 6. The van der Waals surface area contributed by atoms with Crippen LogP contribution in [0.1, 0.15) is 11.1 Å². The fraction of sp³-hybridized carbons (Fsp3) is 0.292. The fourth-order valence-corrected chi connectivity index (χ4v) is 3.44. The van der Waals surface area contributed by atoms with Crippen LogP contribution in [0.2, 0.25) is 0 Å². The number of cyclic esters (lactones) is 1. The minimum atomic E-state index is -0.419. The van der Waals surface area contributed by atoms with Crippen molar-refractivity contribution in [2.45, 2.75) is 0 Å². The van der Waals surface area contributed by atoms with E-state index in [-0.39, 0.29) is 6.61 Å². The minimum Gasteiger partial charge on any atom is -0.493 e. The molecule has 0 bridgehead atoms. The lowest BCUT2D eigenvalue weighted by Gasteiger charge is -2.13. The highest BCUT2D eigenvalue weighted by Crippen LogP contribution is 2.41. The van der Waals surface area contributed by atoms with Gasteiger partial charge in [-0.25, -0.2) is 4.79 Å². The van der Waals surface area contributed by atoms with E-state index < -0.39 is 5.97 Å². The monoisotopic (exact) mass is 442 g/mol. The SMILES string of the molecule is COc1cc(/C=C2/COC(=O)/C2=C/c2cc(OC)c(OC)c(OC)c2)cc(OC)c1OC. The normalized spacial score (nSPS) is 15.5. The second-order valence-corrected chi connectivity index (χ2v) is 6.72. The maximum Gasteiger partial charge on any atom is 0.338 e. The summed E-state index contributed by atoms with van der Waals surface area (Å²) in [5.41, 5.74) is 2.60. The number of ether oxygens (including phenoxy) is 7. The maximum absolute atomic E-state index is 12.5. The van der Waals surface area contributed by atoms with Gasteiger partial charge in [-0.05, 0) is 47.5 Å². The third-order valence-corrected chi connectivity index (χ3v) is 4.95. The Morgan fingerprint density at radius 1 is 0.656 bits per heavy atom. The summed E-state index contributed by atoms with van der Waals surface area (Å²) >= 11 is 0. The molecule has 3 rings (SSSR count). The van der Waals surface area contributed by atoms with Crippen LogP contribution >= 0.6 is 0 Å². The molecular formula is C24H26O8. The number of benzene rings is 2. The summed E-state index contributed by atoms with van der Waals surface area (Å²) in [6.07, 6.45) is 3.57. The molecule has 1 heterocycles. The van der Waals surface area contributed by atoms with E-state index in [2.05, 4.69) is 0 Å². The first-order valence-corrected chi connectivity index (χ1v) is 9.69. The van der Waals surface area contributed by atoms with Crippen molar-refractivity contribution in [3.63, 3.8) is 0 Å². The van der Waals surface area contributed by atoms with Crippen molar-refractivity contribution in [1.82, 2.24) is 0 Å². The average molecular weight is 442 g/mol. The van der Waals surface area contributed by atoms with Gasteiger partial charge in [-0.2, -0.15) is 0 Å². The minimum absolute atomic E-state index is 0.145. The van der Waals surface area contributed by atoms with Crippen LogP contribution < -0.4 is 28.4 Å². The molecule has 2 aromatic rings. The summed E-state index contributed by atoms with van der Waals surface area (Å²) in [6, 6.07) is 7.12. The standard InChI is InChI=1S/C24H26O8/c1-26-18-9-14(10-19(27-2)22(18)30-5)7-16-13-32-24(25)17(16)8-15-11-20(28-3)23(31-6)21(12-15)29-4/h7-12H,13H2,1-6H3/b16-7-,17-8+. The molecule has 2 aromatic carbocycles. The second-order valence-electron chi connectivity index (χ2n) is 6.72. The summed E-state index contributed by atoms with van der Waals surface area (Å²) in [5.74, 6) is 2.54. The molecule has 0 unspecified atom stereocenters. The molecule has 0 aromatic heterocycles. The fourth-order valence-electron chi connectivity index (χ4n) is 3.44. The van der Waals surface area contributed by atoms with Crippen molar-refractivity contribution in [3.8, 4) is 34.5 Å². The van der Waals surface area contributed by atoms with Gasteiger partial charge in [0, 0.05) is 5.57 Å². The van der Waals surface area contributed by atoms with E-state index in [9.17, 15) is 4.79 Å². The zero-order valence-corrected chi connectivity index (χ0v) is 18.9. The smallest absolute Gasteiger partial charge is 0.338 e. The zero-order valence-electron chi connectivity index (χ0n) is 18.9. The molecular weight excluding hydrogens is 416 g/mol. The third-order valence-electron chi connectivity index (χ3n) is 4.95. The number of rotatable bonds is 8. The van der Waals surface area contributed by atoms with Crippen LogP contribution in [-0.2, 0) is 9.53 Å². The van der Waals surface area contributed by atoms with Crippen LogP contribution in [0.5, 0.6) is 34.5 Å². The van der Waals surface area contributed by atoms with E-state index in [0.29, 0.717) is 51.2 Å². The molecule has 170 valence electrons. The number of carbonyl (C=O) groups is 1. The van der Waals surface area contributed by atoms with Gasteiger partial charge in [-0.15, -0.1) is 0 Å². The number of hydrogen-bond donors (Lipinski definition) is 0. The Bertz CT molecular complexity index is 1020. The van der Waals surface area contributed by atoms with Crippen LogP contribution in [0.25, 0.3) is 12.2 Å². The summed E-state index contributed by atoms with van der Waals surface area (Å²) in [6.45, 7) is 0.145. The Morgan fingerprint density at radius 3 is 1.44 bits per heavy atom. The van der Waals surface area contributed by atoms with Crippen LogP contribution in [-0.4, -0.2) is 55.2 Å². The summed E-state index contributed by atoms with van der Waals surface area (Å²) in [5, 5.41) is 0. The van der Waals surface area contributed by atoms with Gasteiger partial charge in [0.15, 0.2) is 23.0 Å². The molecule has 0 atom stereocenters. The van der Waals surface area contributed by atoms with Crippen LogP contribution in [0.15, 0.2) is 35.4 Å². The van der Waals surface area contributed by atoms with Gasteiger partial charge in [0.05, 0.1) is 48.2 Å². The summed E-state index contributed by atoms with van der Waals surface area (Å²) in [7, 11) is 9.24. The largest absolute Gasteiger partial charge is 0.493 e. The molecule has 0 saturated carbocycles. The molecule has 8 heteroatoms. The molecule has 1 fully saturated rings. The number of carbonyl (C=O) groups excluding carboxylic acids is 1. The number of hydrogen-bond acceptors (Lipinski definition) is 8. The van der Waals surface area contributed by atoms with Gasteiger partial charge in [0.25, 0.3) is 0 Å². The molecule has 0 amide bonds. The highest BCUT2D eigenvalue weighted by atomic mass is 16.5. The van der Waals surface area contributed by atoms with Crippen molar-refractivity contribution in [1.29, 1.82) is 0 Å². The van der Waals surface area contributed by atoms with Crippen molar-refractivity contribution in [3.05, 3.63) is 46.5 Å². The highest BCUT2D eigenvalue weighted by Gasteiger charge is 2.25. The van der Waals surface area contributed by atoms with E-state index in [1.54, 1.807) is 51.7 Å². The quantitative estimate of drug-likeness (QED) is 0.452. The van der Waals surface area contributed by atoms with Gasteiger partial charge in [-0.3, -0.25) is 0 Å². The predicted octanol–water partition coefficient (Wildman–Crippen LogP) is 3.76. The Balaban J connectivity index is 2.08. The molecule has 0 spiro atoms. The van der Waals surface area contributed by atoms with E-state index in [1.165, 1.54) is 21.3 Å². The van der Waals surface area contributed by atoms with E-state index in [0.717, 1.165) is 5.56 Å². The van der Waals surface area contributed by atoms with E-state index in [4.69, 9.17) is 33.2 Å². The van der Waals surface area contributed by atoms with Gasteiger partial charge in [0.1, 0.15) is 6.61 Å². The van der Waals surface area contributed by atoms with Gasteiger partial charge < -0.3 is 33.2 Å². The lowest BCUT2D eigenvalue weighted by atomic mass is 10.0. The molecule has 1 aliphatic heterocycles. The average Bonchev–Trinajstić information content (AvgIpc) is 3.16. The molecule has 8 nitrogen and oxygen atoms in total. The van der Waals surface area contributed by atoms with Crippen LogP contribution in [0.3, 0.4) is 0 Å². The lowest BCUT2D eigenvalue weighted by Crippen LogP contribution is -1.98. The van der Waals surface area contributed by atoms with Gasteiger partial charge in [-0.1, -0.05) is 0 Å². The number of esters is 1. The summed E-state index contributed by atoms with van der Waals surface area (Å²) < 4.78 is 37.6. The first-order valence-electron chi connectivity index (χ1n) is 9.69. The predicted molar refractivity (Wildman–Crippen MR) is 119 cm³/mol. The van der Waals surface area contributed by atoms with Crippen molar-refractivity contribution in [2.75, 3.05) is 49.3 Å². The lowest BCUT2D eigenvalue weighted by molar-refractivity contribution is -0.134. The van der Waals surface area contributed by atoms with E-state index in [1.807, 2.05) is 6.08 Å². The maximum atomic E-state index is 12.5. The third kappa shape index (κ3) is 4.44. The Hall–Kier alpha value is -3.81. The first kappa shape index (κ1) is 22.9. The Kier molecular flexibility index (Phi) is 7.14. The molecule has 32 heavy (non-hydrogen) atoms. The van der Waals surface area contributed by atoms with Crippen LogP contribution in [0, 0.1) is 0 Å². The van der Waals surface area contributed by atoms with Gasteiger partial charge >= 0.3 is 5.97 Å². The summed E-state index contributed by atoms with van der Waals surface area (Å²) in [4.78, 5) is 12.5. The molecule has 0 radical (unpaired) electrons. The molecule has 1 saturated heterocycles. The second kappa shape index (κ2) is 10.00. The Morgan fingerprint density at radius 2 is 1.06 bits per heavy atom. The molecule has 1 aliphatic rings. The van der Waals surface area contributed by atoms with Crippen molar-refractivity contribution in [2.24, 2.45) is 0 Å². The first-order chi connectivity index (χ1) is 15.5. The molecule has 0 aliphatic carbocycles. The zero-order chi connectivity index (χ0) is 23.3. The van der Waals surface area contributed by atoms with Crippen molar-refractivity contribution < 1.29 is 38.0 Å². The highest BCUT2D eigenvalue weighted by molar-refractivity contribution is 6.03. The topological polar surface area (TPSA) is 81.7 Å². The van der Waals surface area contributed by atoms with Crippen molar-refractivity contribution >= 4 is 18.1 Å².